The summed E-state index contributed by atoms with van der Waals surface area (Å²) in [5, 5.41) is 0. The highest BCUT2D eigenvalue weighted by Gasteiger charge is 2.22. The van der Waals surface area contributed by atoms with Gasteiger partial charge in [0, 0.05) is 7.05 Å². The molecule has 9 heteroatoms. The summed E-state index contributed by atoms with van der Waals surface area (Å²) in [5.41, 5.74) is 2.53. The maximum atomic E-state index is 13.0. The molecule has 0 bridgehead atoms. The van der Waals surface area contributed by atoms with E-state index in [-0.39, 0.29) is 16.2 Å². The molecule has 8 nitrogen and oxygen atoms in total. The lowest BCUT2D eigenvalue weighted by molar-refractivity contribution is 0.0734. The van der Waals surface area contributed by atoms with Gasteiger partial charge in [-0.3, -0.25) is 4.31 Å². The average molecular weight is 486 g/mol. The second-order valence-corrected chi connectivity index (χ2v) is 9.49. The summed E-state index contributed by atoms with van der Waals surface area (Å²) in [6.45, 7) is 3.79. The molecule has 0 unspecified atom stereocenters. The van der Waals surface area contributed by atoms with Crippen LogP contribution in [0.25, 0.3) is 0 Å². The van der Waals surface area contributed by atoms with Gasteiger partial charge < -0.3 is 18.9 Å². The predicted molar refractivity (Wildman–Crippen MR) is 129 cm³/mol. The molecular weight excluding hydrogens is 458 g/mol. The van der Waals surface area contributed by atoms with Crippen molar-refractivity contribution in [2.45, 2.75) is 18.7 Å². The monoisotopic (exact) mass is 485 g/mol. The van der Waals surface area contributed by atoms with Gasteiger partial charge in [0.25, 0.3) is 10.0 Å². The van der Waals surface area contributed by atoms with Crippen LogP contribution in [0.4, 0.5) is 5.69 Å². The topological polar surface area (TPSA) is 91.4 Å². The third-order valence-corrected chi connectivity index (χ3v) is 7.23. The minimum absolute atomic E-state index is 0.202. The number of anilines is 1. The van der Waals surface area contributed by atoms with Crippen LogP contribution in [-0.2, 0) is 10.0 Å². The highest BCUT2D eigenvalue weighted by molar-refractivity contribution is 7.92. The molecule has 0 aromatic heterocycles. The Kier molecular flexibility index (Phi) is 7.36. The number of sulfonamides is 1. The van der Waals surface area contributed by atoms with Gasteiger partial charge >= 0.3 is 5.97 Å². The van der Waals surface area contributed by atoms with Crippen LogP contribution in [0.5, 0.6) is 23.0 Å². The van der Waals surface area contributed by atoms with Gasteiger partial charge in [-0.1, -0.05) is 6.07 Å². The van der Waals surface area contributed by atoms with Crippen LogP contribution in [0.15, 0.2) is 59.5 Å². The van der Waals surface area contributed by atoms with E-state index in [4.69, 9.17) is 18.9 Å². The van der Waals surface area contributed by atoms with E-state index in [0.717, 1.165) is 11.1 Å². The summed E-state index contributed by atoms with van der Waals surface area (Å²) >= 11 is 0. The first kappa shape index (κ1) is 24.9. The van der Waals surface area contributed by atoms with Gasteiger partial charge in [-0.05, 0) is 73.5 Å². The molecule has 34 heavy (non-hydrogen) atoms. The van der Waals surface area contributed by atoms with Gasteiger partial charge in [-0.2, -0.15) is 0 Å². The van der Waals surface area contributed by atoms with E-state index < -0.39 is 16.0 Å². The smallest absolute Gasteiger partial charge is 0.343 e. The Bertz CT molecular complexity index is 1280. The normalized spacial score (nSPS) is 11.0. The number of ether oxygens (including phenoxy) is 4. The number of esters is 1. The van der Waals surface area contributed by atoms with Gasteiger partial charge in [-0.25, -0.2) is 13.2 Å². The maximum Gasteiger partial charge on any atom is 0.343 e. The summed E-state index contributed by atoms with van der Waals surface area (Å²) in [4.78, 5) is 12.9. The molecule has 3 rings (SSSR count). The van der Waals surface area contributed by atoms with E-state index >= 15 is 0 Å². The number of benzene rings is 3. The van der Waals surface area contributed by atoms with Crippen molar-refractivity contribution < 1.29 is 32.2 Å². The summed E-state index contributed by atoms with van der Waals surface area (Å²) in [7, 11) is 2.10. The number of aryl methyl sites for hydroxylation is 2. The van der Waals surface area contributed by atoms with Crippen LogP contribution in [0.3, 0.4) is 0 Å². The first-order chi connectivity index (χ1) is 16.1. The molecule has 0 saturated carbocycles. The van der Waals surface area contributed by atoms with Crippen LogP contribution in [-0.4, -0.2) is 42.8 Å². The predicted octanol–water partition coefficient (Wildman–Crippen LogP) is 4.37. The lowest BCUT2D eigenvalue weighted by atomic mass is 10.1. The Balaban J connectivity index is 1.81. The summed E-state index contributed by atoms with van der Waals surface area (Å²) in [5.74, 6) is 0.617. The second-order valence-electron chi connectivity index (χ2n) is 7.52. The zero-order chi connectivity index (χ0) is 25.0. The first-order valence-corrected chi connectivity index (χ1v) is 11.7. The number of carbonyl (C=O) groups is 1. The van der Waals surface area contributed by atoms with E-state index in [1.807, 2.05) is 13.8 Å². The summed E-state index contributed by atoms with van der Waals surface area (Å²) < 4.78 is 48.5. The number of nitrogens with zero attached hydrogens (tertiary/aromatic N) is 1. The van der Waals surface area contributed by atoms with Gasteiger partial charge in [0.15, 0.2) is 11.5 Å². The van der Waals surface area contributed by atoms with Crippen LogP contribution in [0.2, 0.25) is 0 Å². The molecule has 0 saturated heterocycles. The standard InChI is InChI=1S/C25H27NO7S/c1-16-7-12-21(13-17(16)2)34(28,29)26(3)19-8-10-20(11-9-19)33-25(27)18-14-22(30-4)24(32-6)23(15-18)31-5/h7-15H,1-6H3. The molecule has 0 amide bonds. The third kappa shape index (κ3) is 4.94. The molecule has 0 aliphatic carbocycles. The van der Waals surface area contributed by atoms with Crippen molar-refractivity contribution in [3.8, 4) is 23.0 Å². The Labute approximate surface area is 199 Å². The Hall–Kier alpha value is -3.72. The fourth-order valence-electron chi connectivity index (χ4n) is 3.26. The maximum absolute atomic E-state index is 13.0. The Morgan fingerprint density at radius 3 is 1.88 bits per heavy atom. The largest absolute Gasteiger partial charge is 0.493 e. The quantitative estimate of drug-likeness (QED) is 0.346. The number of hydrogen-bond acceptors (Lipinski definition) is 7. The fraction of sp³-hybridized carbons (Fsp3) is 0.240. The lowest BCUT2D eigenvalue weighted by Crippen LogP contribution is -2.26. The molecule has 0 spiro atoms. The van der Waals surface area contributed by atoms with E-state index in [2.05, 4.69) is 0 Å². The van der Waals surface area contributed by atoms with Crippen molar-refractivity contribution in [2.75, 3.05) is 32.7 Å². The number of rotatable bonds is 8. The molecule has 0 aliphatic heterocycles. The molecule has 0 atom stereocenters. The molecular formula is C25H27NO7S. The summed E-state index contributed by atoms with van der Waals surface area (Å²) in [6, 6.07) is 14.2. The molecule has 3 aromatic rings. The first-order valence-electron chi connectivity index (χ1n) is 10.3. The van der Waals surface area contributed by atoms with Crippen LogP contribution in [0.1, 0.15) is 21.5 Å². The van der Waals surface area contributed by atoms with Crippen LogP contribution >= 0.6 is 0 Å². The minimum atomic E-state index is -3.75. The molecule has 0 radical (unpaired) electrons. The minimum Gasteiger partial charge on any atom is -0.493 e. The molecule has 0 N–H and O–H groups in total. The molecule has 0 aliphatic rings. The molecule has 180 valence electrons. The zero-order valence-corrected chi connectivity index (χ0v) is 20.7. The van der Waals surface area contributed by atoms with Gasteiger partial charge in [0.1, 0.15) is 5.75 Å². The van der Waals surface area contributed by atoms with Crippen molar-refractivity contribution in [3.05, 3.63) is 71.3 Å². The highest BCUT2D eigenvalue weighted by atomic mass is 32.2. The van der Waals surface area contributed by atoms with Gasteiger partial charge in [0.05, 0.1) is 37.5 Å². The van der Waals surface area contributed by atoms with Gasteiger partial charge in [0.2, 0.25) is 5.75 Å². The van der Waals surface area contributed by atoms with Crippen molar-refractivity contribution in [3.63, 3.8) is 0 Å². The van der Waals surface area contributed by atoms with Crippen molar-refractivity contribution in [2.24, 2.45) is 0 Å². The fourth-order valence-corrected chi connectivity index (χ4v) is 4.54. The van der Waals surface area contributed by atoms with E-state index in [1.54, 1.807) is 30.3 Å². The average Bonchev–Trinajstić information content (AvgIpc) is 2.84. The van der Waals surface area contributed by atoms with E-state index in [0.29, 0.717) is 22.9 Å². The second kappa shape index (κ2) is 10.0. The Morgan fingerprint density at radius 2 is 1.38 bits per heavy atom. The molecule has 0 fully saturated rings. The highest BCUT2D eigenvalue weighted by Crippen LogP contribution is 2.38. The zero-order valence-electron chi connectivity index (χ0n) is 19.9. The SMILES string of the molecule is COc1cc(C(=O)Oc2ccc(N(C)S(=O)(=O)c3ccc(C)c(C)c3)cc2)cc(OC)c1OC. The Morgan fingerprint density at radius 1 is 0.794 bits per heavy atom. The van der Waals surface area contributed by atoms with Crippen molar-refractivity contribution >= 4 is 21.7 Å². The summed E-state index contributed by atoms with van der Waals surface area (Å²) in [6.07, 6.45) is 0. The van der Waals surface area contributed by atoms with Crippen LogP contribution in [0, 0.1) is 13.8 Å². The van der Waals surface area contributed by atoms with Gasteiger partial charge in [-0.15, -0.1) is 0 Å². The number of methoxy groups -OCH3 is 3. The molecule has 0 heterocycles. The lowest BCUT2D eigenvalue weighted by Gasteiger charge is -2.20. The number of carbonyl (C=O) groups excluding carboxylic acids is 1. The van der Waals surface area contributed by atoms with Crippen molar-refractivity contribution in [1.82, 2.24) is 0 Å². The third-order valence-electron chi connectivity index (χ3n) is 5.45. The molecule has 3 aromatic carbocycles. The number of hydrogen-bond donors (Lipinski definition) is 0. The van der Waals surface area contributed by atoms with E-state index in [9.17, 15) is 13.2 Å². The van der Waals surface area contributed by atoms with E-state index in [1.165, 1.54) is 56.9 Å². The van der Waals surface area contributed by atoms with Crippen molar-refractivity contribution in [1.29, 1.82) is 0 Å². The van der Waals surface area contributed by atoms with Crippen LogP contribution < -0.4 is 23.3 Å².